The molecule has 2 aromatic rings. The lowest BCUT2D eigenvalue weighted by Crippen LogP contribution is -1.92. The molecule has 82 valence electrons. The van der Waals surface area contributed by atoms with E-state index >= 15 is 0 Å². The number of rotatable bonds is 4. The van der Waals surface area contributed by atoms with Gasteiger partial charge < -0.3 is 9.32 Å². The van der Waals surface area contributed by atoms with Gasteiger partial charge in [0.1, 0.15) is 6.29 Å². The van der Waals surface area contributed by atoms with Crippen molar-refractivity contribution in [2.75, 3.05) is 0 Å². The molecule has 0 N–H and O–H groups in total. The molecule has 0 atom stereocenters. The Bertz CT molecular complexity index is 496. The van der Waals surface area contributed by atoms with Gasteiger partial charge in [-0.15, -0.1) is 0 Å². The molecule has 0 aliphatic rings. The van der Waals surface area contributed by atoms with Gasteiger partial charge in [0.05, 0.1) is 6.42 Å². The largest absolute Gasteiger partial charge is 0.339 e. The summed E-state index contributed by atoms with van der Waals surface area (Å²) in [6.07, 6.45) is 1.50. The average Bonchev–Trinajstić information content (AvgIpc) is 2.70. The highest BCUT2D eigenvalue weighted by Crippen LogP contribution is 2.18. The Kier molecular flexibility index (Phi) is 3.46. The number of halogens is 1. The first-order valence-corrected chi connectivity index (χ1v) is 5.57. The van der Waals surface area contributed by atoms with Gasteiger partial charge >= 0.3 is 0 Å². The molecular weight excluding hydrogens is 272 g/mol. The van der Waals surface area contributed by atoms with Crippen LogP contribution in [0.3, 0.4) is 0 Å². The van der Waals surface area contributed by atoms with Crippen molar-refractivity contribution in [3.63, 3.8) is 0 Å². The zero-order valence-corrected chi connectivity index (χ0v) is 9.98. The van der Waals surface area contributed by atoms with Gasteiger partial charge in [-0.2, -0.15) is 4.98 Å². The number of aromatic nitrogens is 2. The van der Waals surface area contributed by atoms with Gasteiger partial charge in [0.2, 0.25) is 5.89 Å². The van der Waals surface area contributed by atoms with Crippen LogP contribution in [0.25, 0.3) is 0 Å². The Labute approximate surface area is 101 Å². The summed E-state index contributed by atoms with van der Waals surface area (Å²) in [7, 11) is 0. The van der Waals surface area contributed by atoms with Crippen LogP contribution < -0.4 is 0 Å². The highest BCUT2D eigenvalue weighted by atomic mass is 79.9. The van der Waals surface area contributed by atoms with Crippen molar-refractivity contribution in [3.05, 3.63) is 46.0 Å². The second-order valence-electron chi connectivity index (χ2n) is 3.24. The highest BCUT2D eigenvalue weighted by molar-refractivity contribution is 9.10. The molecule has 16 heavy (non-hydrogen) atoms. The third-order valence-corrected chi connectivity index (χ3v) is 2.85. The molecule has 2 rings (SSSR count). The van der Waals surface area contributed by atoms with E-state index in [0.29, 0.717) is 18.1 Å². The third kappa shape index (κ3) is 2.55. The quantitative estimate of drug-likeness (QED) is 0.806. The first-order chi connectivity index (χ1) is 7.79. The summed E-state index contributed by atoms with van der Waals surface area (Å²) >= 11 is 3.45. The molecule has 1 heterocycles. The molecule has 0 unspecified atom stereocenters. The average molecular weight is 281 g/mol. The van der Waals surface area contributed by atoms with Crippen LogP contribution in [0.4, 0.5) is 0 Å². The maximum atomic E-state index is 10.3. The molecule has 0 radical (unpaired) electrons. The van der Waals surface area contributed by atoms with Crippen molar-refractivity contribution in [3.8, 4) is 0 Å². The summed E-state index contributed by atoms with van der Waals surface area (Å²) in [6.45, 7) is 0. The van der Waals surface area contributed by atoms with Crippen LogP contribution in [0, 0.1) is 0 Å². The number of carbonyl (C=O) groups excluding carboxylic acids is 1. The number of hydrogen-bond donors (Lipinski definition) is 0. The molecule has 0 aliphatic heterocycles. The predicted molar refractivity (Wildman–Crippen MR) is 61.0 cm³/mol. The second kappa shape index (κ2) is 5.03. The van der Waals surface area contributed by atoms with Crippen LogP contribution in [0.1, 0.15) is 17.3 Å². The minimum absolute atomic E-state index is 0.170. The first kappa shape index (κ1) is 11.0. The summed E-state index contributed by atoms with van der Waals surface area (Å²) in [5.74, 6) is 0.945. The molecule has 0 bridgehead atoms. The fourth-order valence-corrected chi connectivity index (χ4v) is 1.75. The van der Waals surface area contributed by atoms with E-state index < -0.39 is 0 Å². The van der Waals surface area contributed by atoms with Crippen LogP contribution in [-0.2, 0) is 17.6 Å². The van der Waals surface area contributed by atoms with Crippen molar-refractivity contribution >= 4 is 22.2 Å². The van der Waals surface area contributed by atoms with Gasteiger partial charge in [0.15, 0.2) is 5.82 Å². The number of carbonyl (C=O) groups is 1. The highest BCUT2D eigenvalue weighted by Gasteiger charge is 2.08. The number of aldehydes is 1. The lowest BCUT2D eigenvalue weighted by Gasteiger charge is -1.99. The molecule has 0 amide bonds. The van der Waals surface area contributed by atoms with Crippen LogP contribution in [0.2, 0.25) is 0 Å². The van der Waals surface area contributed by atoms with Gasteiger partial charge in [-0.25, -0.2) is 0 Å². The SMILES string of the molecule is O=CCc1nc(Cc2ccccc2Br)no1. The van der Waals surface area contributed by atoms with E-state index in [2.05, 4.69) is 26.1 Å². The Morgan fingerprint density at radius 1 is 1.38 bits per heavy atom. The number of benzene rings is 1. The van der Waals surface area contributed by atoms with Gasteiger partial charge in [0, 0.05) is 10.9 Å². The van der Waals surface area contributed by atoms with Crippen molar-refractivity contribution in [1.29, 1.82) is 0 Å². The second-order valence-corrected chi connectivity index (χ2v) is 4.10. The molecule has 0 spiro atoms. The number of nitrogens with zero attached hydrogens (tertiary/aromatic N) is 2. The molecule has 5 heteroatoms. The minimum atomic E-state index is 0.170. The van der Waals surface area contributed by atoms with Gasteiger partial charge in [-0.3, -0.25) is 0 Å². The zero-order chi connectivity index (χ0) is 11.4. The zero-order valence-electron chi connectivity index (χ0n) is 8.39. The smallest absolute Gasteiger partial charge is 0.233 e. The maximum absolute atomic E-state index is 10.3. The van der Waals surface area contributed by atoms with Crippen LogP contribution in [0.5, 0.6) is 0 Å². The Morgan fingerprint density at radius 2 is 2.19 bits per heavy atom. The molecule has 4 nitrogen and oxygen atoms in total. The molecule has 0 fully saturated rings. The lowest BCUT2D eigenvalue weighted by atomic mass is 10.1. The van der Waals surface area contributed by atoms with E-state index in [-0.39, 0.29) is 6.42 Å². The van der Waals surface area contributed by atoms with Crippen LogP contribution in [0.15, 0.2) is 33.3 Å². The molecule has 1 aromatic carbocycles. The van der Waals surface area contributed by atoms with Crippen molar-refractivity contribution in [1.82, 2.24) is 10.1 Å². The van der Waals surface area contributed by atoms with E-state index in [9.17, 15) is 4.79 Å². The molecule has 0 aliphatic carbocycles. The third-order valence-electron chi connectivity index (χ3n) is 2.07. The minimum Gasteiger partial charge on any atom is -0.339 e. The molecule has 1 aromatic heterocycles. The summed E-state index contributed by atoms with van der Waals surface area (Å²) in [5, 5.41) is 3.81. The monoisotopic (exact) mass is 280 g/mol. The van der Waals surface area contributed by atoms with E-state index in [4.69, 9.17) is 4.52 Å². The Morgan fingerprint density at radius 3 is 2.94 bits per heavy atom. The lowest BCUT2D eigenvalue weighted by molar-refractivity contribution is -0.107. The fourth-order valence-electron chi connectivity index (χ4n) is 1.33. The van der Waals surface area contributed by atoms with Crippen molar-refractivity contribution in [2.24, 2.45) is 0 Å². The topological polar surface area (TPSA) is 56.0 Å². The normalized spacial score (nSPS) is 10.3. The van der Waals surface area contributed by atoms with Gasteiger partial charge in [-0.05, 0) is 11.6 Å². The van der Waals surface area contributed by atoms with Crippen molar-refractivity contribution in [2.45, 2.75) is 12.8 Å². The number of hydrogen-bond acceptors (Lipinski definition) is 4. The van der Waals surface area contributed by atoms with E-state index in [1.807, 2.05) is 24.3 Å². The predicted octanol–water partition coefficient (Wildman–Crippen LogP) is 2.16. The fraction of sp³-hybridized carbons (Fsp3) is 0.182. The van der Waals surface area contributed by atoms with Crippen molar-refractivity contribution < 1.29 is 9.32 Å². The first-order valence-electron chi connectivity index (χ1n) is 4.78. The Balaban J connectivity index is 2.14. The van der Waals surface area contributed by atoms with E-state index in [0.717, 1.165) is 16.3 Å². The molecular formula is C11H9BrN2O2. The van der Waals surface area contributed by atoms with Gasteiger partial charge in [-0.1, -0.05) is 39.3 Å². The Hall–Kier alpha value is -1.49. The standard InChI is InChI=1S/C11H9BrN2O2/c12-9-4-2-1-3-8(9)7-10-13-11(5-6-15)16-14-10/h1-4,6H,5,7H2. The van der Waals surface area contributed by atoms with E-state index in [1.54, 1.807) is 0 Å². The molecule has 0 saturated heterocycles. The van der Waals surface area contributed by atoms with Gasteiger partial charge in [0.25, 0.3) is 0 Å². The molecule has 0 saturated carbocycles. The van der Waals surface area contributed by atoms with Crippen LogP contribution in [-0.4, -0.2) is 16.4 Å². The summed E-state index contributed by atoms with van der Waals surface area (Å²) in [4.78, 5) is 14.4. The summed E-state index contributed by atoms with van der Waals surface area (Å²) in [5.41, 5.74) is 1.08. The summed E-state index contributed by atoms with van der Waals surface area (Å²) < 4.78 is 5.92. The van der Waals surface area contributed by atoms with E-state index in [1.165, 1.54) is 0 Å². The summed E-state index contributed by atoms with van der Waals surface area (Å²) in [6, 6.07) is 7.84. The van der Waals surface area contributed by atoms with Crippen LogP contribution >= 0.6 is 15.9 Å². The maximum Gasteiger partial charge on any atom is 0.233 e.